The summed E-state index contributed by atoms with van der Waals surface area (Å²) in [6.07, 6.45) is 0.837. The zero-order valence-electron chi connectivity index (χ0n) is 14.7. The third-order valence-corrected chi connectivity index (χ3v) is 4.86. The first-order valence-electron chi connectivity index (χ1n) is 8.76. The van der Waals surface area contributed by atoms with Crippen molar-refractivity contribution in [3.63, 3.8) is 0 Å². The van der Waals surface area contributed by atoms with Gasteiger partial charge in [-0.15, -0.1) is 0 Å². The molecule has 0 aliphatic heterocycles. The van der Waals surface area contributed by atoms with E-state index < -0.39 is 0 Å². The minimum Gasteiger partial charge on any atom is -0.369 e. The van der Waals surface area contributed by atoms with Crippen LogP contribution in [0.25, 0.3) is 21.8 Å². The third-order valence-electron chi connectivity index (χ3n) is 4.86. The Kier molecular flexibility index (Phi) is 4.16. The van der Waals surface area contributed by atoms with E-state index in [0.717, 1.165) is 44.3 Å². The molecule has 6 N–H and O–H groups in total. The van der Waals surface area contributed by atoms with Crippen molar-refractivity contribution in [3.8, 4) is 0 Å². The Morgan fingerprint density at radius 1 is 0.704 bits per heavy atom. The lowest BCUT2D eigenvalue weighted by atomic mass is 10.0. The molecule has 6 nitrogen and oxygen atoms in total. The van der Waals surface area contributed by atoms with Gasteiger partial charge in [-0.3, -0.25) is 9.59 Å². The molecule has 2 aromatic carbocycles. The number of primary amides is 2. The van der Waals surface area contributed by atoms with Gasteiger partial charge in [-0.2, -0.15) is 0 Å². The number of nitrogens with one attached hydrogen (secondary N) is 2. The molecule has 0 saturated carbocycles. The van der Waals surface area contributed by atoms with E-state index in [1.165, 1.54) is 0 Å². The molecule has 0 spiro atoms. The van der Waals surface area contributed by atoms with Crippen molar-refractivity contribution >= 4 is 33.6 Å². The van der Waals surface area contributed by atoms with Crippen LogP contribution in [-0.4, -0.2) is 21.8 Å². The van der Waals surface area contributed by atoms with Crippen LogP contribution in [0.2, 0.25) is 0 Å². The van der Waals surface area contributed by atoms with Crippen LogP contribution in [0.1, 0.15) is 22.5 Å². The number of aromatic nitrogens is 2. The molecule has 0 radical (unpaired) electrons. The molecule has 136 valence electrons. The molecular weight excluding hydrogens is 340 g/mol. The van der Waals surface area contributed by atoms with Gasteiger partial charge >= 0.3 is 0 Å². The number of rotatable bonds is 6. The highest BCUT2D eigenvalue weighted by Crippen LogP contribution is 2.29. The smallest absolute Gasteiger partial charge is 0.221 e. The topological polar surface area (TPSA) is 118 Å². The minimum atomic E-state index is -0.380. The Morgan fingerprint density at radius 2 is 1.11 bits per heavy atom. The van der Waals surface area contributed by atoms with Crippen molar-refractivity contribution < 1.29 is 9.59 Å². The first-order valence-corrected chi connectivity index (χ1v) is 8.76. The predicted molar refractivity (Wildman–Crippen MR) is 105 cm³/mol. The van der Waals surface area contributed by atoms with Gasteiger partial charge in [-0.25, -0.2) is 0 Å². The number of fused-ring (bicyclic) bond motifs is 2. The fourth-order valence-corrected chi connectivity index (χ4v) is 3.74. The van der Waals surface area contributed by atoms with Crippen LogP contribution in [0.3, 0.4) is 0 Å². The molecule has 0 fully saturated rings. The number of H-pyrrole nitrogens is 2. The van der Waals surface area contributed by atoms with Gasteiger partial charge < -0.3 is 21.4 Å². The second kappa shape index (κ2) is 6.64. The summed E-state index contributed by atoms with van der Waals surface area (Å²) < 4.78 is 0. The molecular formula is C21H20N4O2. The van der Waals surface area contributed by atoms with Crippen molar-refractivity contribution in [1.82, 2.24) is 9.97 Å². The highest BCUT2D eigenvalue weighted by Gasteiger charge is 2.18. The Labute approximate surface area is 155 Å². The molecule has 27 heavy (non-hydrogen) atoms. The molecule has 2 heterocycles. The van der Waals surface area contributed by atoms with Gasteiger partial charge in [0.25, 0.3) is 0 Å². The Morgan fingerprint density at radius 3 is 1.52 bits per heavy atom. The zero-order chi connectivity index (χ0) is 19.0. The number of carbonyl (C=O) groups excluding carboxylic acids is 2. The minimum absolute atomic E-state index is 0.157. The molecule has 4 rings (SSSR count). The second-order valence-corrected chi connectivity index (χ2v) is 6.72. The van der Waals surface area contributed by atoms with E-state index in [9.17, 15) is 9.59 Å². The highest BCUT2D eigenvalue weighted by molar-refractivity contribution is 5.91. The Bertz CT molecular complexity index is 1080. The second-order valence-electron chi connectivity index (χ2n) is 6.72. The van der Waals surface area contributed by atoms with E-state index in [4.69, 9.17) is 11.5 Å². The van der Waals surface area contributed by atoms with Crippen LogP contribution in [0.15, 0.2) is 48.5 Å². The molecule has 6 heteroatoms. The summed E-state index contributed by atoms with van der Waals surface area (Å²) >= 11 is 0. The van der Waals surface area contributed by atoms with Gasteiger partial charge in [-0.05, 0) is 23.3 Å². The summed E-state index contributed by atoms with van der Waals surface area (Å²) in [4.78, 5) is 30.0. The maximum atomic E-state index is 11.6. The monoisotopic (exact) mass is 360 g/mol. The van der Waals surface area contributed by atoms with Crippen LogP contribution in [0.5, 0.6) is 0 Å². The van der Waals surface area contributed by atoms with E-state index in [2.05, 4.69) is 9.97 Å². The number of carbonyl (C=O) groups is 2. The van der Waals surface area contributed by atoms with Crippen LogP contribution in [0, 0.1) is 0 Å². The van der Waals surface area contributed by atoms with E-state index >= 15 is 0 Å². The average Bonchev–Trinajstić information content (AvgIpc) is 3.14. The maximum Gasteiger partial charge on any atom is 0.221 e. The fourth-order valence-electron chi connectivity index (χ4n) is 3.74. The summed E-state index contributed by atoms with van der Waals surface area (Å²) in [5.41, 5.74) is 16.5. The fraction of sp³-hybridized carbons (Fsp3) is 0.143. The van der Waals surface area contributed by atoms with E-state index in [-0.39, 0.29) is 24.7 Å². The van der Waals surface area contributed by atoms with Gasteiger partial charge in [-0.1, -0.05) is 36.4 Å². The van der Waals surface area contributed by atoms with Crippen molar-refractivity contribution in [2.75, 3.05) is 0 Å². The van der Waals surface area contributed by atoms with Gasteiger partial charge in [0.2, 0.25) is 11.8 Å². The number of nitrogens with two attached hydrogens (primary N) is 2. The van der Waals surface area contributed by atoms with Gasteiger partial charge in [0.15, 0.2) is 0 Å². The summed E-state index contributed by atoms with van der Waals surface area (Å²) in [5.74, 6) is -0.759. The van der Waals surface area contributed by atoms with Crippen LogP contribution in [-0.2, 0) is 28.9 Å². The van der Waals surface area contributed by atoms with Crippen molar-refractivity contribution in [1.29, 1.82) is 0 Å². The first-order chi connectivity index (χ1) is 13.0. The van der Waals surface area contributed by atoms with Gasteiger partial charge in [0.1, 0.15) is 0 Å². The summed E-state index contributed by atoms with van der Waals surface area (Å²) in [6.45, 7) is 0. The molecule has 0 atom stereocenters. The summed E-state index contributed by atoms with van der Waals surface area (Å²) in [5, 5.41) is 1.97. The highest BCUT2D eigenvalue weighted by atomic mass is 16.1. The summed E-state index contributed by atoms with van der Waals surface area (Å²) in [7, 11) is 0. The van der Waals surface area contributed by atoms with Crippen LogP contribution in [0.4, 0.5) is 0 Å². The van der Waals surface area contributed by atoms with Crippen molar-refractivity contribution in [3.05, 3.63) is 71.0 Å². The molecule has 4 aromatic rings. The standard InChI is InChI=1S/C21H20N4O2/c22-20(26)9-14-12-5-1-3-7-16(12)24-18(14)11-19-15(10-21(23)27)13-6-2-4-8-17(13)25-19/h1-8,24-25H,9-11H2,(H2,22,26)(H2,23,27). The van der Waals surface area contributed by atoms with Crippen molar-refractivity contribution in [2.45, 2.75) is 19.3 Å². The van der Waals surface area contributed by atoms with Gasteiger partial charge in [0.05, 0.1) is 12.8 Å². The number of aromatic amines is 2. The zero-order valence-corrected chi connectivity index (χ0v) is 14.7. The molecule has 0 unspecified atom stereocenters. The average molecular weight is 360 g/mol. The normalized spacial score (nSPS) is 11.3. The molecule has 2 aromatic heterocycles. The van der Waals surface area contributed by atoms with Crippen LogP contribution >= 0.6 is 0 Å². The largest absolute Gasteiger partial charge is 0.369 e. The Balaban J connectivity index is 1.84. The van der Waals surface area contributed by atoms with Gasteiger partial charge in [0, 0.05) is 39.6 Å². The number of para-hydroxylation sites is 2. The molecule has 2 amide bonds. The molecule has 0 aliphatic rings. The lowest BCUT2D eigenvalue weighted by molar-refractivity contribution is -0.118. The number of hydrogen-bond donors (Lipinski definition) is 4. The van der Waals surface area contributed by atoms with Crippen molar-refractivity contribution in [2.24, 2.45) is 11.5 Å². The third kappa shape index (κ3) is 3.17. The molecule has 0 bridgehead atoms. The molecule has 0 aliphatic carbocycles. The Hall–Kier alpha value is -3.54. The van der Waals surface area contributed by atoms with E-state index in [0.29, 0.717) is 6.42 Å². The predicted octanol–water partition coefficient (Wildman–Crippen LogP) is 2.30. The first kappa shape index (κ1) is 16.9. The van der Waals surface area contributed by atoms with E-state index in [1.807, 2.05) is 48.5 Å². The quantitative estimate of drug-likeness (QED) is 0.422. The van der Waals surface area contributed by atoms with Crippen LogP contribution < -0.4 is 11.5 Å². The lowest BCUT2D eigenvalue weighted by Gasteiger charge is -2.05. The number of amides is 2. The summed E-state index contributed by atoms with van der Waals surface area (Å²) in [6, 6.07) is 15.7. The van der Waals surface area contributed by atoms with E-state index in [1.54, 1.807) is 0 Å². The molecule has 0 saturated heterocycles. The lowest BCUT2D eigenvalue weighted by Crippen LogP contribution is -2.16. The number of hydrogen-bond acceptors (Lipinski definition) is 2. The number of benzene rings is 2. The SMILES string of the molecule is NC(=O)Cc1c(Cc2[nH]c3ccccc3c2CC(N)=O)[nH]c2ccccc12. The maximum absolute atomic E-state index is 11.6.